The molecule has 2 N–H and O–H groups in total. The maximum absolute atomic E-state index is 9.42. The second-order valence-electron chi connectivity index (χ2n) is 6.76. The molecule has 4 heteroatoms. The van der Waals surface area contributed by atoms with E-state index in [9.17, 15) is 5.26 Å². The molecule has 1 aliphatic carbocycles. The van der Waals surface area contributed by atoms with Gasteiger partial charge in [0.25, 0.3) is 0 Å². The molecule has 2 bridgehead atoms. The van der Waals surface area contributed by atoms with E-state index in [2.05, 4.69) is 22.8 Å². The third-order valence-corrected chi connectivity index (χ3v) is 5.24. The number of hydrogen-bond acceptors (Lipinski definition) is 4. The second kappa shape index (κ2) is 5.31. The number of aromatic nitrogens is 1. The van der Waals surface area contributed by atoms with Crippen LogP contribution < -0.4 is 10.6 Å². The van der Waals surface area contributed by atoms with Crippen LogP contribution in [0.2, 0.25) is 0 Å². The molecule has 4 nitrogen and oxygen atoms in total. The van der Waals surface area contributed by atoms with Crippen LogP contribution in [0, 0.1) is 11.3 Å². The zero-order valence-corrected chi connectivity index (χ0v) is 12.4. The van der Waals surface area contributed by atoms with Crippen molar-refractivity contribution in [2.45, 2.75) is 69.5 Å². The van der Waals surface area contributed by atoms with Gasteiger partial charge in [0.2, 0.25) is 0 Å². The molecule has 2 saturated heterocycles. The molecule has 0 aromatic carbocycles. The minimum Gasteiger partial charge on any atom is -0.366 e. The number of nitrogens with zero attached hydrogens (tertiary/aromatic N) is 2. The van der Waals surface area contributed by atoms with E-state index in [1.54, 1.807) is 0 Å². The first-order valence-electron chi connectivity index (χ1n) is 8.27. The highest BCUT2D eigenvalue weighted by molar-refractivity contribution is 5.55. The molecule has 1 aromatic rings. The van der Waals surface area contributed by atoms with Crippen LogP contribution in [-0.2, 0) is 12.8 Å². The molecule has 3 heterocycles. The lowest BCUT2D eigenvalue weighted by molar-refractivity contribution is 0.377. The monoisotopic (exact) mass is 282 g/mol. The van der Waals surface area contributed by atoms with Crippen LogP contribution in [0.5, 0.6) is 0 Å². The van der Waals surface area contributed by atoms with Gasteiger partial charge in [-0.2, -0.15) is 5.26 Å². The standard InChI is InChI=1S/C17H22N4/c18-10-12-7-11-3-1-2-4-16(11)21-17(12)20-15-8-13-5-6-14(9-15)19-13/h7,13-15,19H,1-6,8-9H2,(H,20,21). The number of nitriles is 1. The zero-order valence-electron chi connectivity index (χ0n) is 12.4. The van der Waals surface area contributed by atoms with Gasteiger partial charge in [0.05, 0.1) is 5.56 Å². The van der Waals surface area contributed by atoms with Crippen molar-refractivity contribution in [3.05, 3.63) is 22.9 Å². The SMILES string of the molecule is N#Cc1cc2c(nc1NC1CC3CCC(C1)N3)CCCC2. The summed E-state index contributed by atoms with van der Waals surface area (Å²) < 4.78 is 0. The first kappa shape index (κ1) is 13.1. The van der Waals surface area contributed by atoms with Crippen LogP contribution >= 0.6 is 0 Å². The average Bonchev–Trinajstić information content (AvgIpc) is 2.85. The van der Waals surface area contributed by atoms with Crippen molar-refractivity contribution < 1.29 is 0 Å². The fraction of sp³-hybridized carbons (Fsp3) is 0.647. The summed E-state index contributed by atoms with van der Waals surface area (Å²) in [5.41, 5.74) is 3.22. The van der Waals surface area contributed by atoms with Gasteiger partial charge in [-0.15, -0.1) is 0 Å². The molecule has 0 spiro atoms. The summed E-state index contributed by atoms with van der Waals surface area (Å²) in [5.74, 6) is 0.824. The van der Waals surface area contributed by atoms with E-state index < -0.39 is 0 Å². The van der Waals surface area contributed by atoms with E-state index in [0.29, 0.717) is 18.1 Å². The van der Waals surface area contributed by atoms with Crippen molar-refractivity contribution in [1.82, 2.24) is 10.3 Å². The number of nitrogens with one attached hydrogen (secondary N) is 2. The number of fused-ring (bicyclic) bond motifs is 3. The smallest absolute Gasteiger partial charge is 0.144 e. The number of pyridine rings is 1. The molecule has 21 heavy (non-hydrogen) atoms. The van der Waals surface area contributed by atoms with Crippen molar-refractivity contribution in [2.24, 2.45) is 0 Å². The van der Waals surface area contributed by atoms with Gasteiger partial charge in [-0.25, -0.2) is 4.98 Å². The first-order valence-corrected chi connectivity index (χ1v) is 8.27. The lowest BCUT2D eigenvalue weighted by Crippen LogP contribution is -2.43. The van der Waals surface area contributed by atoms with Gasteiger partial charge in [0.1, 0.15) is 11.9 Å². The largest absolute Gasteiger partial charge is 0.366 e. The topological polar surface area (TPSA) is 60.7 Å². The lowest BCUT2D eigenvalue weighted by atomic mass is 9.94. The van der Waals surface area contributed by atoms with Crippen molar-refractivity contribution in [3.63, 3.8) is 0 Å². The molecule has 3 aliphatic rings. The Labute approximate surface area is 126 Å². The number of rotatable bonds is 2. The summed E-state index contributed by atoms with van der Waals surface area (Å²) in [7, 11) is 0. The minimum absolute atomic E-state index is 0.463. The van der Waals surface area contributed by atoms with Gasteiger partial charge in [0, 0.05) is 23.8 Å². The second-order valence-corrected chi connectivity index (χ2v) is 6.76. The van der Waals surface area contributed by atoms with Crippen LogP contribution in [0.15, 0.2) is 6.07 Å². The van der Waals surface area contributed by atoms with Crippen molar-refractivity contribution in [1.29, 1.82) is 5.26 Å². The molecule has 2 aliphatic heterocycles. The van der Waals surface area contributed by atoms with Crippen molar-refractivity contribution in [2.75, 3.05) is 5.32 Å². The molecule has 2 atom stereocenters. The summed E-state index contributed by atoms with van der Waals surface area (Å²) in [6, 6.07) is 6.18. The highest BCUT2D eigenvalue weighted by atomic mass is 15.1. The predicted octanol–water partition coefficient (Wildman–Crippen LogP) is 2.53. The Morgan fingerprint density at radius 3 is 2.71 bits per heavy atom. The molecule has 4 rings (SSSR count). The minimum atomic E-state index is 0.463. The number of piperidine rings is 1. The Morgan fingerprint density at radius 1 is 1.19 bits per heavy atom. The average molecular weight is 282 g/mol. The van der Waals surface area contributed by atoms with E-state index in [1.165, 1.54) is 36.9 Å². The Morgan fingerprint density at radius 2 is 1.95 bits per heavy atom. The highest BCUT2D eigenvalue weighted by Gasteiger charge is 2.33. The van der Waals surface area contributed by atoms with E-state index in [0.717, 1.165) is 37.1 Å². The summed E-state index contributed by atoms with van der Waals surface area (Å²) in [6.07, 6.45) is 9.49. The Kier molecular flexibility index (Phi) is 3.31. The van der Waals surface area contributed by atoms with E-state index in [4.69, 9.17) is 4.98 Å². The highest BCUT2D eigenvalue weighted by Crippen LogP contribution is 2.30. The number of hydrogen-bond donors (Lipinski definition) is 2. The van der Waals surface area contributed by atoms with E-state index in [-0.39, 0.29) is 0 Å². The molecule has 0 amide bonds. The molecule has 110 valence electrons. The van der Waals surface area contributed by atoms with Gasteiger partial charge >= 0.3 is 0 Å². The number of anilines is 1. The number of aryl methyl sites for hydroxylation is 2. The summed E-state index contributed by atoms with van der Waals surface area (Å²) in [5, 5.41) is 16.7. The summed E-state index contributed by atoms with van der Waals surface area (Å²) in [6.45, 7) is 0. The first-order chi connectivity index (χ1) is 10.3. The molecular weight excluding hydrogens is 260 g/mol. The van der Waals surface area contributed by atoms with Gasteiger partial charge in [-0.05, 0) is 63.0 Å². The van der Waals surface area contributed by atoms with Crippen LogP contribution in [-0.4, -0.2) is 23.1 Å². The molecule has 0 saturated carbocycles. The summed E-state index contributed by atoms with van der Waals surface area (Å²) in [4.78, 5) is 4.79. The molecule has 0 radical (unpaired) electrons. The van der Waals surface area contributed by atoms with Crippen LogP contribution in [0.1, 0.15) is 55.3 Å². The van der Waals surface area contributed by atoms with Gasteiger partial charge in [-0.1, -0.05) is 0 Å². The zero-order chi connectivity index (χ0) is 14.2. The maximum Gasteiger partial charge on any atom is 0.144 e. The Bertz CT molecular complexity index is 577. The fourth-order valence-corrected chi connectivity index (χ4v) is 4.20. The molecule has 2 unspecified atom stereocenters. The quantitative estimate of drug-likeness (QED) is 0.875. The van der Waals surface area contributed by atoms with Gasteiger partial charge in [-0.3, -0.25) is 0 Å². The summed E-state index contributed by atoms with van der Waals surface area (Å²) >= 11 is 0. The van der Waals surface area contributed by atoms with Crippen LogP contribution in [0.4, 0.5) is 5.82 Å². The molecule has 2 fully saturated rings. The predicted molar refractivity (Wildman–Crippen MR) is 82.2 cm³/mol. The lowest BCUT2D eigenvalue weighted by Gasteiger charge is -2.30. The van der Waals surface area contributed by atoms with E-state index in [1.807, 2.05) is 0 Å². The fourth-order valence-electron chi connectivity index (χ4n) is 4.20. The Balaban J connectivity index is 1.58. The Hall–Kier alpha value is -1.60. The van der Waals surface area contributed by atoms with Crippen molar-refractivity contribution in [3.8, 4) is 6.07 Å². The van der Waals surface area contributed by atoms with Crippen molar-refractivity contribution >= 4 is 5.82 Å². The van der Waals surface area contributed by atoms with Crippen LogP contribution in [0.3, 0.4) is 0 Å². The van der Waals surface area contributed by atoms with E-state index >= 15 is 0 Å². The third kappa shape index (κ3) is 2.51. The maximum atomic E-state index is 9.42. The van der Waals surface area contributed by atoms with Gasteiger partial charge < -0.3 is 10.6 Å². The molecular formula is C17H22N4. The normalized spacial score (nSPS) is 30.5. The molecule has 1 aromatic heterocycles. The third-order valence-electron chi connectivity index (χ3n) is 5.24. The van der Waals surface area contributed by atoms with Crippen LogP contribution in [0.25, 0.3) is 0 Å². The van der Waals surface area contributed by atoms with Gasteiger partial charge in [0.15, 0.2) is 0 Å².